The molecule has 200 valence electrons. The molecule has 1 aromatic carbocycles. The fourth-order valence-electron chi connectivity index (χ4n) is 5.60. The van der Waals surface area contributed by atoms with Crippen molar-refractivity contribution < 1.29 is 18.7 Å². The van der Waals surface area contributed by atoms with Gasteiger partial charge in [0.05, 0.1) is 37.3 Å². The van der Waals surface area contributed by atoms with Crippen LogP contribution in [0.5, 0.6) is 5.75 Å². The SMILES string of the molecule is CCn1ncc2c1CN(C(=O)c1cc3c(-c4ccncc4OC)cc(C4=CCCN(C(C)=O)C4)c(F)c3[nH]1)C2. The number of nitrogens with one attached hydrogen (secondary N) is 1. The molecule has 9 nitrogen and oxygen atoms in total. The van der Waals surface area contributed by atoms with Gasteiger partial charge in [0.15, 0.2) is 5.82 Å². The van der Waals surface area contributed by atoms with E-state index >= 15 is 4.39 Å². The van der Waals surface area contributed by atoms with Crippen molar-refractivity contribution in [2.75, 3.05) is 20.2 Å². The Morgan fingerprint density at radius 1 is 1.10 bits per heavy atom. The smallest absolute Gasteiger partial charge is 0.270 e. The third kappa shape index (κ3) is 4.16. The number of aromatic amines is 1. The minimum Gasteiger partial charge on any atom is -0.494 e. The van der Waals surface area contributed by atoms with E-state index in [-0.39, 0.29) is 17.3 Å². The second-order valence-corrected chi connectivity index (χ2v) is 9.89. The predicted octanol–water partition coefficient (Wildman–Crippen LogP) is 4.39. The summed E-state index contributed by atoms with van der Waals surface area (Å²) in [6.45, 7) is 6.09. The molecule has 1 N–H and O–H groups in total. The van der Waals surface area contributed by atoms with Gasteiger partial charge in [-0.3, -0.25) is 19.3 Å². The van der Waals surface area contributed by atoms with Crippen molar-refractivity contribution >= 4 is 28.3 Å². The number of aromatic nitrogens is 4. The Labute approximate surface area is 224 Å². The van der Waals surface area contributed by atoms with Crippen LogP contribution >= 0.6 is 0 Å². The summed E-state index contributed by atoms with van der Waals surface area (Å²) in [5.41, 5.74) is 5.15. The number of halogens is 1. The lowest BCUT2D eigenvalue weighted by Crippen LogP contribution is -2.33. The quantitative estimate of drug-likeness (QED) is 0.415. The minimum absolute atomic E-state index is 0.0522. The van der Waals surface area contributed by atoms with Crippen LogP contribution in [-0.4, -0.2) is 61.6 Å². The van der Waals surface area contributed by atoms with E-state index in [2.05, 4.69) is 15.1 Å². The molecule has 0 bridgehead atoms. The van der Waals surface area contributed by atoms with Gasteiger partial charge in [0, 0.05) is 61.4 Å². The summed E-state index contributed by atoms with van der Waals surface area (Å²) >= 11 is 0. The molecule has 0 radical (unpaired) electrons. The third-order valence-corrected chi connectivity index (χ3v) is 7.64. The molecule has 2 aliphatic rings. The van der Waals surface area contributed by atoms with E-state index in [4.69, 9.17) is 4.74 Å². The molecule has 0 saturated heterocycles. The molecule has 0 saturated carbocycles. The zero-order chi connectivity index (χ0) is 27.3. The molecular formula is C29H29FN6O3. The van der Waals surface area contributed by atoms with Crippen molar-refractivity contribution in [3.8, 4) is 16.9 Å². The van der Waals surface area contributed by atoms with Crippen molar-refractivity contribution in [3.05, 3.63) is 71.2 Å². The number of hydrogen-bond acceptors (Lipinski definition) is 5. The molecule has 39 heavy (non-hydrogen) atoms. The molecule has 4 aromatic rings. The average molecular weight is 529 g/mol. The van der Waals surface area contributed by atoms with E-state index < -0.39 is 5.82 Å². The van der Waals surface area contributed by atoms with Gasteiger partial charge >= 0.3 is 0 Å². The Bertz CT molecular complexity index is 1650. The fourth-order valence-corrected chi connectivity index (χ4v) is 5.60. The van der Waals surface area contributed by atoms with Crippen LogP contribution in [0, 0.1) is 5.82 Å². The number of rotatable bonds is 5. The number of H-pyrrole nitrogens is 1. The number of fused-ring (bicyclic) bond motifs is 2. The monoisotopic (exact) mass is 528 g/mol. The van der Waals surface area contributed by atoms with Gasteiger partial charge in [0.2, 0.25) is 5.91 Å². The van der Waals surface area contributed by atoms with Crippen LogP contribution in [0.1, 0.15) is 47.6 Å². The van der Waals surface area contributed by atoms with Crippen LogP contribution in [0.25, 0.3) is 27.6 Å². The minimum atomic E-state index is -0.455. The Morgan fingerprint density at radius 3 is 2.72 bits per heavy atom. The molecule has 10 heteroatoms. The van der Waals surface area contributed by atoms with Gasteiger partial charge in [-0.1, -0.05) is 6.08 Å². The van der Waals surface area contributed by atoms with Crippen LogP contribution in [0.3, 0.4) is 0 Å². The van der Waals surface area contributed by atoms with Gasteiger partial charge in [-0.25, -0.2) is 4.39 Å². The summed E-state index contributed by atoms with van der Waals surface area (Å²) in [4.78, 5) is 36.4. The van der Waals surface area contributed by atoms with Crippen molar-refractivity contribution in [3.63, 3.8) is 0 Å². The van der Waals surface area contributed by atoms with Crippen LogP contribution in [0.4, 0.5) is 4.39 Å². The highest BCUT2D eigenvalue weighted by Crippen LogP contribution is 2.40. The van der Waals surface area contributed by atoms with E-state index in [0.717, 1.165) is 28.9 Å². The summed E-state index contributed by atoms with van der Waals surface area (Å²) in [6, 6.07) is 5.31. The number of carbonyl (C=O) groups excluding carboxylic acids is 2. The predicted molar refractivity (Wildman–Crippen MR) is 144 cm³/mol. The summed E-state index contributed by atoms with van der Waals surface area (Å²) < 4.78 is 23.7. The summed E-state index contributed by atoms with van der Waals surface area (Å²) in [7, 11) is 1.56. The van der Waals surface area contributed by atoms with E-state index in [1.54, 1.807) is 47.6 Å². The first kappa shape index (κ1) is 24.8. The third-order valence-electron chi connectivity index (χ3n) is 7.64. The molecule has 2 aliphatic heterocycles. The first-order chi connectivity index (χ1) is 18.9. The zero-order valence-electron chi connectivity index (χ0n) is 22.1. The standard InChI is InChI=1S/C29H29FN6O3/c1-4-36-25-16-35(15-19(25)12-32-36)29(38)24-11-23-22(20-7-8-31-13-26(20)39-3)10-21(27(30)28(23)33-24)18-6-5-9-34(14-18)17(2)37/h6-8,10-13,33H,4-5,9,14-16H2,1-3H3. The number of amides is 2. The Balaban J connectivity index is 1.47. The van der Waals surface area contributed by atoms with E-state index in [9.17, 15) is 9.59 Å². The Hall–Kier alpha value is -4.47. The van der Waals surface area contributed by atoms with Gasteiger partial charge < -0.3 is 19.5 Å². The summed E-state index contributed by atoms with van der Waals surface area (Å²) in [5.74, 6) is -0.182. The van der Waals surface area contributed by atoms with Gasteiger partial charge in [-0.05, 0) is 42.7 Å². The van der Waals surface area contributed by atoms with Gasteiger partial charge in [-0.2, -0.15) is 5.10 Å². The number of carbonyl (C=O) groups is 2. The van der Waals surface area contributed by atoms with Crippen LogP contribution in [-0.2, 0) is 24.4 Å². The molecule has 0 unspecified atom stereocenters. The molecular weight excluding hydrogens is 499 g/mol. The summed E-state index contributed by atoms with van der Waals surface area (Å²) in [6.07, 6.45) is 7.68. The number of ether oxygens (including phenoxy) is 1. The molecule has 5 heterocycles. The Kier molecular flexibility index (Phi) is 6.17. The molecule has 0 fully saturated rings. The molecule has 2 amide bonds. The van der Waals surface area contributed by atoms with E-state index in [0.29, 0.717) is 60.6 Å². The number of aryl methyl sites for hydroxylation is 1. The number of nitrogens with zero attached hydrogens (tertiary/aromatic N) is 5. The maximum Gasteiger partial charge on any atom is 0.270 e. The topological polar surface area (TPSA) is 96.3 Å². The van der Waals surface area contributed by atoms with Crippen molar-refractivity contribution in [2.45, 2.75) is 39.9 Å². The highest BCUT2D eigenvalue weighted by molar-refractivity contribution is 6.05. The van der Waals surface area contributed by atoms with Crippen LogP contribution in [0.2, 0.25) is 0 Å². The lowest BCUT2D eigenvalue weighted by atomic mass is 9.93. The lowest BCUT2D eigenvalue weighted by molar-refractivity contribution is -0.128. The van der Waals surface area contributed by atoms with E-state index in [1.807, 2.05) is 23.7 Å². The lowest BCUT2D eigenvalue weighted by Gasteiger charge is -2.27. The van der Waals surface area contributed by atoms with Crippen molar-refractivity contribution in [2.24, 2.45) is 0 Å². The second-order valence-electron chi connectivity index (χ2n) is 9.89. The fraction of sp³-hybridized carbons (Fsp3) is 0.310. The van der Waals surface area contributed by atoms with Gasteiger partial charge in [-0.15, -0.1) is 0 Å². The van der Waals surface area contributed by atoms with E-state index in [1.165, 1.54) is 6.92 Å². The summed E-state index contributed by atoms with van der Waals surface area (Å²) in [5, 5.41) is 4.95. The highest BCUT2D eigenvalue weighted by atomic mass is 19.1. The zero-order valence-corrected chi connectivity index (χ0v) is 22.1. The van der Waals surface area contributed by atoms with Gasteiger partial charge in [0.25, 0.3) is 5.91 Å². The number of pyridine rings is 1. The first-order valence-electron chi connectivity index (χ1n) is 13.0. The first-order valence-corrected chi connectivity index (χ1v) is 13.0. The maximum absolute atomic E-state index is 16.2. The van der Waals surface area contributed by atoms with Gasteiger partial charge in [0.1, 0.15) is 11.4 Å². The molecule has 0 spiro atoms. The largest absolute Gasteiger partial charge is 0.494 e. The molecule has 0 aliphatic carbocycles. The molecule has 3 aromatic heterocycles. The number of benzene rings is 1. The Morgan fingerprint density at radius 2 is 1.95 bits per heavy atom. The molecule has 6 rings (SSSR count). The normalized spacial score (nSPS) is 15.0. The molecule has 0 atom stereocenters. The van der Waals surface area contributed by atoms with Crippen LogP contribution < -0.4 is 4.74 Å². The number of hydrogen-bond donors (Lipinski definition) is 1. The second kappa shape index (κ2) is 9.68. The number of methoxy groups -OCH3 is 1. The van der Waals surface area contributed by atoms with Crippen molar-refractivity contribution in [1.29, 1.82) is 0 Å². The maximum atomic E-state index is 16.2. The highest BCUT2D eigenvalue weighted by Gasteiger charge is 2.30. The van der Waals surface area contributed by atoms with Crippen molar-refractivity contribution in [1.82, 2.24) is 29.5 Å². The average Bonchev–Trinajstić information content (AvgIpc) is 3.68. The van der Waals surface area contributed by atoms with Crippen LogP contribution in [0.15, 0.2) is 42.9 Å².